The van der Waals surface area contributed by atoms with Gasteiger partial charge in [-0.1, -0.05) is 32.4 Å². The van der Waals surface area contributed by atoms with Gasteiger partial charge >= 0.3 is 12.0 Å². The Morgan fingerprint density at radius 1 is 1.37 bits per heavy atom. The SMILES string of the molecule is CCC(C)[C@H](NC(=O)Nc1cccc(C)c1)C(=O)O. The molecule has 5 nitrogen and oxygen atoms in total. The summed E-state index contributed by atoms with van der Waals surface area (Å²) in [5, 5.41) is 14.2. The number of carboxylic acids is 1. The fourth-order valence-electron chi connectivity index (χ4n) is 1.71. The quantitative estimate of drug-likeness (QED) is 0.765. The first-order valence-electron chi connectivity index (χ1n) is 6.31. The van der Waals surface area contributed by atoms with E-state index in [0.29, 0.717) is 12.1 Å². The molecule has 0 spiro atoms. The molecule has 0 radical (unpaired) electrons. The summed E-state index contributed by atoms with van der Waals surface area (Å²) in [7, 11) is 0. The number of aliphatic carboxylic acids is 1. The molecule has 0 fully saturated rings. The van der Waals surface area contributed by atoms with Gasteiger partial charge < -0.3 is 15.7 Å². The van der Waals surface area contributed by atoms with Crippen LogP contribution in [0.2, 0.25) is 0 Å². The summed E-state index contributed by atoms with van der Waals surface area (Å²) in [6.45, 7) is 5.61. The van der Waals surface area contributed by atoms with E-state index in [-0.39, 0.29) is 5.92 Å². The molecule has 104 valence electrons. The zero-order chi connectivity index (χ0) is 14.4. The van der Waals surface area contributed by atoms with E-state index in [1.807, 2.05) is 32.0 Å². The lowest BCUT2D eigenvalue weighted by atomic mass is 9.99. The van der Waals surface area contributed by atoms with Crippen LogP contribution in [0.5, 0.6) is 0 Å². The van der Waals surface area contributed by atoms with Crippen LogP contribution in [-0.4, -0.2) is 23.1 Å². The van der Waals surface area contributed by atoms with E-state index in [0.717, 1.165) is 5.56 Å². The van der Waals surface area contributed by atoms with Crippen LogP contribution in [0.4, 0.5) is 10.5 Å². The number of anilines is 1. The number of rotatable bonds is 5. The molecule has 2 atom stereocenters. The molecule has 0 aliphatic heterocycles. The average molecular weight is 264 g/mol. The van der Waals surface area contributed by atoms with Crippen molar-refractivity contribution in [2.24, 2.45) is 5.92 Å². The molecular weight excluding hydrogens is 244 g/mol. The molecule has 3 N–H and O–H groups in total. The number of urea groups is 1. The summed E-state index contributed by atoms with van der Waals surface area (Å²) in [6, 6.07) is 5.94. The van der Waals surface area contributed by atoms with Gasteiger partial charge in [0.15, 0.2) is 0 Å². The molecule has 1 aromatic rings. The highest BCUT2D eigenvalue weighted by molar-refractivity contribution is 5.92. The van der Waals surface area contributed by atoms with Crippen molar-refractivity contribution in [3.63, 3.8) is 0 Å². The third kappa shape index (κ3) is 4.62. The standard InChI is InChI=1S/C14H20N2O3/c1-4-10(3)12(13(17)18)16-14(19)15-11-7-5-6-9(2)8-11/h5-8,10,12H,4H2,1-3H3,(H,17,18)(H2,15,16,19)/t10?,12-/m0/s1. The molecule has 0 bridgehead atoms. The predicted octanol–water partition coefficient (Wildman–Crippen LogP) is 2.62. The third-order valence-corrected chi connectivity index (χ3v) is 3.04. The highest BCUT2D eigenvalue weighted by Crippen LogP contribution is 2.11. The van der Waals surface area contributed by atoms with E-state index in [4.69, 9.17) is 5.11 Å². The van der Waals surface area contributed by atoms with Gasteiger partial charge in [-0.05, 0) is 30.5 Å². The van der Waals surface area contributed by atoms with Crippen molar-refractivity contribution < 1.29 is 14.7 Å². The summed E-state index contributed by atoms with van der Waals surface area (Å²) in [4.78, 5) is 22.9. The second kappa shape index (κ2) is 6.78. The van der Waals surface area contributed by atoms with Crippen molar-refractivity contribution in [2.75, 3.05) is 5.32 Å². The van der Waals surface area contributed by atoms with Crippen LogP contribution >= 0.6 is 0 Å². The summed E-state index contributed by atoms with van der Waals surface area (Å²) in [6.07, 6.45) is 0.682. The van der Waals surface area contributed by atoms with Gasteiger partial charge in [0.25, 0.3) is 0 Å². The lowest BCUT2D eigenvalue weighted by molar-refractivity contribution is -0.140. The second-order valence-corrected chi connectivity index (χ2v) is 4.67. The highest BCUT2D eigenvalue weighted by atomic mass is 16.4. The molecule has 0 aliphatic rings. The van der Waals surface area contributed by atoms with Gasteiger partial charge in [-0.2, -0.15) is 0 Å². The maximum atomic E-state index is 11.8. The predicted molar refractivity (Wildman–Crippen MR) is 74.2 cm³/mol. The minimum Gasteiger partial charge on any atom is -0.480 e. The molecule has 2 amide bonds. The summed E-state index contributed by atoms with van der Waals surface area (Å²) >= 11 is 0. The number of amides is 2. The lowest BCUT2D eigenvalue weighted by Crippen LogP contribution is -2.46. The first-order valence-corrected chi connectivity index (χ1v) is 6.31. The lowest BCUT2D eigenvalue weighted by Gasteiger charge is -2.20. The minimum absolute atomic E-state index is 0.124. The van der Waals surface area contributed by atoms with Crippen molar-refractivity contribution >= 4 is 17.7 Å². The maximum absolute atomic E-state index is 11.8. The topological polar surface area (TPSA) is 78.4 Å². The number of hydrogen-bond acceptors (Lipinski definition) is 2. The van der Waals surface area contributed by atoms with E-state index in [2.05, 4.69) is 10.6 Å². The first-order chi connectivity index (χ1) is 8.93. The van der Waals surface area contributed by atoms with Crippen molar-refractivity contribution in [3.8, 4) is 0 Å². The van der Waals surface area contributed by atoms with Crippen molar-refractivity contribution in [1.29, 1.82) is 0 Å². The Hall–Kier alpha value is -2.04. The Bertz CT molecular complexity index is 460. The number of nitrogens with one attached hydrogen (secondary N) is 2. The third-order valence-electron chi connectivity index (χ3n) is 3.04. The molecular formula is C14H20N2O3. The fourth-order valence-corrected chi connectivity index (χ4v) is 1.71. The van der Waals surface area contributed by atoms with Crippen molar-refractivity contribution in [1.82, 2.24) is 5.32 Å². The van der Waals surface area contributed by atoms with Crippen molar-refractivity contribution in [2.45, 2.75) is 33.2 Å². The van der Waals surface area contributed by atoms with Crippen LogP contribution < -0.4 is 10.6 Å². The molecule has 19 heavy (non-hydrogen) atoms. The molecule has 0 saturated heterocycles. The van der Waals surface area contributed by atoms with E-state index >= 15 is 0 Å². The van der Waals surface area contributed by atoms with E-state index in [1.54, 1.807) is 13.0 Å². The van der Waals surface area contributed by atoms with E-state index in [1.165, 1.54) is 0 Å². The molecule has 1 unspecified atom stereocenters. The zero-order valence-electron chi connectivity index (χ0n) is 11.4. The Morgan fingerprint density at radius 3 is 2.58 bits per heavy atom. The van der Waals surface area contributed by atoms with Gasteiger partial charge in [-0.3, -0.25) is 0 Å². The molecule has 0 saturated carbocycles. The van der Waals surface area contributed by atoms with Crippen LogP contribution in [0.25, 0.3) is 0 Å². The zero-order valence-corrected chi connectivity index (χ0v) is 11.4. The van der Waals surface area contributed by atoms with Gasteiger partial charge in [0.05, 0.1) is 0 Å². The van der Waals surface area contributed by atoms with Crippen molar-refractivity contribution in [3.05, 3.63) is 29.8 Å². The summed E-state index contributed by atoms with van der Waals surface area (Å²) < 4.78 is 0. The molecule has 5 heteroatoms. The van der Waals surface area contributed by atoms with Gasteiger partial charge in [0.1, 0.15) is 6.04 Å². The van der Waals surface area contributed by atoms with E-state index < -0.39 is 18.0 Å². The summed E-state index contributed by atoms with van der Waals surface area (Å²) in [5.41, 5.74) is 1.67. The molecule has 0 aliphatic carbocycles. The molecule has 1 rings (SSSR count). The van der Waals surface area contributed by atoms with Gasteiger partial charge in [-0.15, -0.1) is 0 Å². The number of aryl methyl sites for hydroxylation is 1. The average Bonchev–Trinajstić information content (AvgIpc) is 2.34. The van der Waals surface area contributed by atoms with Crippen LogP contribution in [0.15, 0.2) is 24.3 Å². The fraction of sp³-hybridized carbons (Fsp3) is 0.429. The number of carbonyl (C=O) groups excluding carboxylic acids is 1. The van der Waals surface area contributed by atoms with Crippen LogP contribution in [0.1, 0.15) is 25.8 Å². The normalized spacial score (nSPS) is 13.4. The van der Waals surface area contributed by atoms with Gasteiger partial charge in [-0.25, -0.2) is 9.59 Å². The number of carboxylic acid groups (broad SMARTS) is 1. The van der Waals surface area contributed by atoms with E-state index in [9.17, 15) is 9.59 Å². The molecule has 0 aromatic heterocycles. The largest absolute Gasteiger partial charge is 0.480 e. The Morgan fingerprint density at radius 2 is 2.05 bits per heavy atom. The number of benzene rings is 1. The Kier molecular flexibility index (Phi) is 5.36. The second-order valence-electron chi connectivity index (χ2n) is 4.67. The molecule has 1 aromatic carbocycles. The number of carbonyl (C=O) groups is 2. The number of hydrogen-bond donors (Lipinski definition) is 3. The molecule has 0 heterocycles. The minimum atomic E-state index is -1.02. The van der Waals surface area contributed by atoms with Crippen LogP contribution in [-0.2, 0) is 4.79 Å². The monoisotopic (exact) mass is 264 g/mol. The Labute approximate surface area is 113 Å². The highest BCUT2D eigenvalue weighted by Gasteiger charge is 2.25. The maximum Gasteiger partial charge on any atom is 0.326 e. The smallest absolute Gasteiger partial charge is 0.326 e. The van der Waals surface area contributed by atoms with Crippen LogP contribution in [0, 0.1) is 12.8 Å². The van der Waals surface area contributed by atoms with Gasteiger partial charge in [0.2, 0.25) is 0 Å². The summed E-state index contributed by atoms with van der Waals surface area (Å²) in [5.74, 6) is -1.14. The van der Waals surface area contributed by atoms with Gasteiger partial charge in [0, 0.05) is 5.69 Å². The van der Waals surface area contributed by atoms with Crippen LogP contribution in [0.3, 0.4) is 0 Å². The first kappa shape index (κ1) is 15.0. The Balaban J connectivity index is 2.65.